The fourth-order valence-electron chi connectivity index (χ4n) is 3.57. The highest BCUT2D eigenvalue weighted by atomic mass is 32.2. The van der Waals surface area contributed by atoms with Crippen molar-refractivity contribution in [3.05, 3.63) is 71.7 Å². The molecule has 1 aromatic heterocycles. The first-order chi connectivity index (χ1) is 14.9. The second kappa shape index (κ2) is 9.03. The number of hydrogen-bond donors (Lipinski definition) is 0. The third kappa shape index (κ3) is 4.70. The number of carbonyl (C=O) groups excluding carboxylic acids is 1. The summed E-state index contributed by atoms with van der Waals surface area (Å²) in [4.78, 5) is 16.9. The van der Waals surface area contributed by atoms with Gasteiger partial charge in [0.2, 0.25) is 15.9 Å². The highest BCUT2D eigenvalue weighted by Crippen LogP contribution is 2.25. The molecule has 3 aromatic rings. The second-order valence-electron chi connectivity index (χ2n) is 7.51. The first kappa shape index (κ1) is 21.3. The van der Waals surface area contributed by atoms with Gasteiger partial charge >= 0.3 is 5.97 Å². The van der Waals surface area contributed by atoms with Gasteiger partial charge in [-0.1, -0.05) is 42.8 Å². The molecule has 1 fully saturated rings. The molecule has 8 heteroatoms. The predicted octanol–water partition coefficient (Wildman–Crippen LogP) is 4.18. The average Bonchev–Trinajstić information content (AvgIpc) is 3.28. The van der Waals surface area contributed by atoms with Gasteiger partial charge < -0.3 is 9.15 Å². The average molecular weight is 441 g/mol. The summed E-state index contributed by atoms with van der Waals surface area (Å²) in [5.41, 5.74) is 1.65. The van der Waals surface area contributed by atoms with Crippen molar-refractivity contribution in [3.8, 4) is 11.3 Å². The Balaban J connectivity index is 1.47. The number of benzene rings is 2. The minimum absolute atomic E-state index is 0.145. The van der Waals surface area contributed by atoms with Crippen molar-refractivity contribution in [1.82, 2.24) is 9.29 Å². The third-order valence-corrected chi connectivity index (χ3v) is 7.34. The van der Waals surface area contributed by atoms with E-state index in [-0.39, 0.29) is 23.0 Å². The van der Waals surface area contributed by atoms with Crippen LogP contribution in [0.3, 0.4) is 0 Å². The molecule has 0 spiro atoms. The van der Waals surface area contributed by atoms with Gasteiger partial charge in [-0.05, 0) is 37.5 Å². The van der Waals surface area contributed by atoms with E-state index in [2.05, 4.69) is 4.98 Å². The van der Waals surface area contributed by atoms with E-state index >= 15 is 0 Å². The molecule has 0 saturated carbocycles. The number of aromatic nitrogens is 1. The van der Waals surface area contributed by atoms with Crippen molar-refractivity contribution in [1.29, 1.82) is 0 Å². The zero-order valence-electron chi connectivity index (χ0n) is 17.3. The quantitative estimate of drug-likeness (QED) is 0.534. The number of sulfonamides is 1. The Morgan fingerprint density at radius 2 is 1.84 bits per heavy atom. The van der Waals surface area contributed by atoms with E-state index in [0.717, 1.165) is 24.8 Å². The number of piperidine rings is 1. The largest absolute Gasteiger partial charge is 0.452 e. The molecular weight excluding hydrogens is 416 g/mol. The minimum Gasteiger partial charge on any atom is -0.452 e. The van der Waals surface area contributed by atoms with Gasteiger partial charge in [-0.15, -0.1) is 0 Å². The van der Waals surface area contributed by atoms with Crippen molar-refractivity contribution >= 4 is 16.0 Å². The van der Waals surface area contributed by atoms with Crippen molar-refractivity contribution in [2.24, 2.45) is 0 Å². The Labute approximate surface area is 181 Å². The van der Waals surface area contributed by atoms with Gasteiger partial charge in [0.15, 0.2) is 12.4 Å². The summed E-state index contributed by atoms with van der Waals surface area (Å²) < 4.78 is 38.5. The molecule has 31 heavy (non-hydrogen) atoms. The van der Waals surface area contributed by atoms with Gasteiger partial charge in [-0.3, -0.25) is 0 Å². The van der Waals surface area contributed by atoms with Crippen LogP contribution in [0.4, 0.5) is 0 Å². The van der Waals surface area contributed by atoms with Crippen molar-refractivity contribution in [2.75, 3.05) is 13.1 Å². The topological polar surface area (TPSA) is 89.7 Å². The Morgan fingerprint density at radius 1 is 1.10 bits per heavy atom. The van der Waals surface area contributed by atoms with Crippen molar-refractivity contribution in [2.45, 2.75) is 37.7 Å². The van der Waals surface area contributed by atoms with Crippen LogP contribution in [0.5, 0.6) is 0 Å². The van der Waals surface area contributed by atoms with Crippen molar-refractivity contribution < 1.29 is 22.4 Å². The smallest absolute Gasteiger partial charge is 0.338 e. The molecular formula is C23H24N2O5S. The molecule has 0 N–H and O–H groups in total. The fraction of sp³-hybridized carbons (Fsp3) is 0.304. The van der Waals surface area contributed by atoms with E-state index in [4.69, 9.17) is 9.15 Å². The van der Waals surface area contributed by atoms with Crippen LogP contribution in [-0.2, 0) is 21.4 Å². The van der Waals surface area contributed by atoms with Gasteiger partial charge in [0.05, 0.1) is 16.7 Å². The van der Waals surface area contributed by atoms with Crippen LogP contribution >= 0.6 is 0 Å². The van der Waals surface area contributed by atoms with Crippen LogP contribution in [0.2, 0.25) is 0 Å². The fourth-order valence-corrected chi connectivity index (χ4v) is 5.34. The molecule has 2 heterocycles. The lowest BCUT2D eigenvalue weighted by molar-refractivity contribution is 0.0438. The van der Waals surface area contributed by atoms with Crippen LogP contribution in [0.25, 0.3) is 11.3 Å². The molecule has 2 aromatic carbocycles. The lowest BCUT2D eigenvalue weighted by Gasteiger charge is -2.26. The Bertz CT molecular complexity index is 1170. The molecule has 0 amide bonds. The Morgan fingerprint density at radius 3 is 2.58 bits per heavy atom. The van der Waals surface area contributed by atoms with E-state index < -0.39 is 16.0 Å². The molecule has 0 unspecified atom stereocenters. The standard InChI is InChI=1S/C23H24N2O5S/c1-17-10-11-19(14-21(17)31(27,28)25-12-6-3-7-13-25)23(26)29-16-22-24-15-20(30-22)18-8-4-2-5-9-18/h2,4-5,8-11,14-15H,3,6-7,12-13,16H2,1H3. The summed E-state index contributed by atoms with van der Waals surface area (Å²) in [5, 5.41) is 0. The zero-order chi connectivity index (χ0) is 21.8. The first-order valence-electron chi connectivity index (χ1n) is 10.2. The molecule has 0 bridgehead atoms. The number of ether oxygens (including phenoxy) is 1. The molecule has 4 rings (SSSR count). The first-order valence-corrected chi connectivity index (χ1v) is 11.7. The number of hydrogen-bond acceptors (Lipinski definition) is 6. The second-order valence-corrected chi connectivity index (χ2v) is 9.41. The molecule has 0 radical (unpaired) electrons. The van der Waals surface area contributed by atoms with Crippen LogP contribution in [0.1, 0.15) is 41.1 Å². The summed E-state index contributed by atoms with van der Waals surface area (Å²) >= 11 is 0. The number of carbonyl (C=O) groups is 1. The molecule has 0 atom stereocenters. The zero-order valence-corrected chi connectivity index (χ0v) is 18.1. The summed E-state index contributed by atoms with van der Waals surface area (Å²) in [7, 11) is -3.65. The predicted molar refractivity (Wildman–Crippen MR) is 115 cm³/mol. The number of aryl methyl sites for hydroxylation is 1. The summed E-state index contributed by atoms with van der Waals surface area (Å²) in [6.45, 7) is 2.59. The normalized spacial score (nSPS) is 15.0. The third-order valence-electron chi connectivity index (χ3n) is 5.30. The Kier molecular flexibility index (Phi) is 6.20. The number of rotatable bonds is 6. The highest BCUT2D eigenvalue weighted by Gasteiger charge is 2.28. The lowest BCUT2D eigenvalue weighted by atomic mass is 10.1. The van der Waals surface area contributed by atoms with Crippen LogP contribution in [0.15, 0.2) is 64.0 Å². The van der Waals surface area contributed by atoms with E-state index in [1.54, 1.807) is 25.3 Å². The molecule has 1 aliphatic heterocycles. The van der Waals surface area contributed by atoms with Crippen LogP contribution in [-0.4, -0.2) is 36.8 Å². The SMILES string of the molecule is Cc1ccc(C(=O)OCc2ncc(-c3ccccc3)o2)cc1S(=O)(=O)N1CCCCC1. The molecule has 162 valence electrons. The molecule has 0 aliphatic carbocycles. The van der Waals surface area contributed by atoms with Gasteiger partial charge in [-0.2, -0.15) is 4.31 Å². The van der Waals surface area contributed by atoms with E-state index in [1.165, 1.54) is 10.4 Å². The summed E-state index contributed by atoms with van der Waals surface area (Å²) in [6.07, 6.45) is 4.31. The van der Waals surface area contributed by atoms with Gasteiger partial charge in [0, 0.05) is 18.7 Å². The van der Waals surface area contributed by atoms with E-state index in [1.807, 2.05) is 30.3 Å². The molecule has 1 saturated heterocycles. The maximum Gasteiger partial charge on any atom is 0.338 e. The maximum atomic E-state index is 13.0. The summed E-state index contributed by atoms with van der Waals surface area (Å²) in [5.74, 6) is 0.215. The number of oxazole rings is 1. The van der Waals surface area contributed by atoms with Gasteiger partial charge in [0.1, 0.15) is 0 Å². The monoisotopic (exact) mass is 440 g/mol. The molecule has 1 aliphatic rings. The highest BCUT2D eigenvalue weighted by molar-refractivity contribution is 7.89. The van der Waals surface area contributed by atoms with Gasteiger partial charge in [-0.25, -0.2) is 18.2 Å². The van der Waals surface area contributed by atoms with Crippen LogP contribution in [0, 0.1) is 6.92 Å². The lowest BCUT2D eigenvalue weighted by Crippen LogP contribution is -2.36. The number of esters is 1. The molecule has 7 nitrogen and oxygen atoms in total. The van der Waals surface area contributed by atoms with Gasteiger partial charge in [0.25, 0.3) is 0 Å². The van der Waals surface area contributed by atoms with Crippen molar-refractivity contribution in [3.63, 3.8) is 0 Å². The Hall–Kier alpha value is -2.97. The van der Waals surface area contributed by atoms with E-state index in [0.29, 0.717) is 24.4 Å². The van der Waals surface area contributed by atoms with E-state index in [9.17, 15) is 13.2 Å². The summed E-state index contributed by atoms with van der Waals surface area (Å²) in [6, 6.07) is 14.1. The minimum atomic E-state index is -3.65. The number of nitrogens with zero attached hydrogens (tertiary/aromatic N) is 2. The maximum absolute atomic E-state index is 13.0. The van der Waals surface area contributed by atoms with Crippen LogP contribution < -0.4 is 0 Å².